The first kappa shape index (κ1) is 15.7. The van der Waals surface area contributed by atoms with Gasteiger partial charge in [0.25, 0.3) is 0 Å². The molecule has 116 valence electrons. The number of rotatable bonds is 4. The van der Waals surface area contributed by atoms with Gasteiger partial charge in [-0.1, -0.05) is 19.3 Å². The van der Waals surface area contributed by atoms with Gasteiger partial charge in [0, 0.05) is 32.7 Å². The van der Waals surface area contributed by atoms with Gasteiger partial charge in [-0.05, 0) is 12.8 Å². The molecule has 1 aliphatic carbocycles. The van der Waals surface area contributed by atoms with Crippen molar-refractivity contribution in [1.29, 1.82) is 0 Å². The maximum atomic E-state index is 11.6. The highest BCUT2D eigenvalue weighted by molar-refractivity contribution is 7.88. The molecule has 0 bridgehead atoms. The van der Waals surface area contributed by atoms with Crippen LogP contribution < -0.4 is 0 Å². The zero-order valence-electron chi connectivity index (χ0n) is 12.0. The molecular weight excluding hydrogens is 280 g/mol. The molecule has 2 aliphatic rings. The fraction of sp³-hybridized carbons (Fsp3) is 0.923. The highest BCUT2D eigenvalue weighted by Crippen LogP contribution is 2.37. The Bertz CT molecular complexity index is 449. The van der Waals surface area contributed by atoms with Gasteiger partial charge in [0.05, 0.1) is 11.7 Å². The van der Waals surface area contributed by atoms with Gasteiger partial charge >= 0.3 is 5.97 Å². The normalized spacial score (nSPS) is 25.4. The molecule has 1 heterocycles. The molecule has 0 aromatic carbocycles. The van der Waals surface area contributed by atoms with Crippen LogP contribution in [0.2, 0.25) is 0 Å². The fourth-order valence-electron chi connectivity index (χ4n) is 3.32. The number of carbonyl (C=O) groups is 1. The molecule has 0 amide bonds. The molecule has 1 N–H and O–H groups in total. The highest BCUT2D eigenvalue weighted by atomic mass is 32.2. The van der Waals surface area contributed by atoms with Crippen LogP contribution in [0.4, 0.5) is 0 Å². The molecule has 2 rings (SSSR count). The third kappa shape index (κ3) is 3.51. The summed E-state index contributed by atoms with van der Waals surface area (Å²) < 4.78 is 24.4. The van der Waals surface area contributed by atoms with E-state index in [0.29, 0.717) is 32.7 Å². The molecule has 1 saturated heterocycles. The van der Waals surface area contributed by atoms with E-state index in [1.165, 1.54) is 10.6 Å². The molecule has 0 unspecified atom stereocenters. The van der Waals surface area contributed by atoms with Gasteiger partial charge in [-0.3, -0.25) is 9.69 Å². The van der Waals surface area contributed by atoms with Crippen molar-refractivity contribution in [3.63, 3.8) is 0 Å². The van der Waals surface area contributed by atoms with Crippen molar-refractivity contribution in [1.82, 2.24) is 9.21 Å². The number of hydrogen-bond acceptors (Lipinski definition) is 4. The van der Waals surface area contributed by atoms with E-state index in [-0.39, 0.29) is 0 Å². The topological polar surface area (TPSA) is 77.9 Å². The molecule has 6 nitrogen and oxygen atoms in total. The summed E-state index contributed by atoms with van der Waals surface area (Å²) in [5, 5.41) is 9.57. The molecule has 0 aromatic rings. The monoisotopic (exact) mass is 304 g/mol. The first-order valence-corrected chi connectivity index (χ1v) is 9.09. The van der Waals surface area contributed by atoms with Crippen molar-refractivity contribution in [3.8, 4) is 0 Å². The molecule has 0 aromatic heterocycles. The van der Waals surface area contributed by atoms with E-state index in [2.05, 4.69) is 4.90 Å². The lowest BCUT2D eigenvalue weighted by Gasteiger charge is -2.40. The van der Waals surface area contributed by atoms with Crippen LogP contribution in [0.3, 0.4) is 0 Å². The maximum Gasteiger partial charge on any atom is 0.310 e. The van der Waals surface area contributed by atoms with Gasteiger partial charge < -0.3 is 5.11 Å². The molecular formula is C13H24N2O4S. The van der Waals surface area contributed by atoms with Gasteiger partial charge in [-0.25, -0.2) is 8.42 Å². The van der Waals surface area contributed by atoms with E-state index >= 15 is 0 Å². The SMILES string of the molecule is CS(=O)(=O)N1CCN(CC2(C(=O)O)CCCCC2)CC1. The predicted molar refractivity (Wildman–Crippen MR) is 76.0 cm³/mol. The van der Waals surface area contributed by atoms with E-state index in [1.54, 1.807) is 0 Å². The lowest BCUT2D eigenvalue weighted by molar-refractivity contribution is -0.152. The minimum absolute atomic E-state index is 0.467. The minimum atomic E-state index is -3.12. The fourth-order valence-corrected chi connectivity index (χ4v) is 4.14. The quantitative estimate of drug-likeness (QED) is 0.823. The van der Waals surface area contributed by atoms with Crippen LogP contribution in [0.25, 0.3) is 0 Å². The number of carboxylic acids is 1. The summed E-state index contributed by atoms with van der Waals surface area (Å²) in [4.78, 5) is 13.8. The summed E-state index contributed by atoms with van der Waals surface area (Å²) in [5.41, 5.74) is -0.620. The Morgan fingerprint density at radius 1 is 1.10 bits per heavy atom. The van der Waals surface area contributed by atoms with Gasteiger partial charge in [-0.2, -0.15) is 4.31 Å². The highest BCUT2D eigenvalue weighted by Gasteiger charge is 2.41. The molecule has 0 radical (unpaired) electrons. The van der Waals surface area contributed by atoms with E-state index in [1.807, 2.05) is 0 Å². The first-order valence-electron chi connectivity index (χ1n) is 7.24. The van der Waals surface area contributed by atoms with Crippen LogP contribution in [-0.4, -0.2) is 67.7 Å². The van der Waals surface area contributed by atoms with Crippen molar-refractivity contribution < 1.29 is 18.3 Å². The smallest absolute Gasteiger partial charge is 0.310 e. The maximum absolute atomic E-state index is 11.6. The Morgan fingerprint density at radius 2 is 1.65 bits per heavy atom. The van der Waals surface area contributed by atoms with E-state index in [9.17, 15) is 18.3 Å². The Morgan fingerprint density at radius 3 is 2.10 bits per heavy atom. The Labute approximate surface area is 120 Å². The molecule has 1 aliphatic heterocycles. The zero-order valence-corrected chi connectivity index (χ0v) is 12.9. The lowest BCUT2D eigenvalue weighted by atomic mass is 9.73. The second-order valence-electron chi connectivity index (χ2n) is 6.08. The van der Waals surface area contributed by atoms with E-state index in [4.69, 9.17) is 0 Å². The second-order valence-corrected chi connectivity index (χ2v) is 8.07. The Balaban J connectivity index is 1.95. The largest absolute Gasteiger partial charge is 0.481 e. The summed E-state index contributed by atoms with van der Waals surface area (Å²) in [6.07, 6.45) is 5.80. The summed E-state index contributed by atoms with van der Waals surface area (Å²) >= 11 is 0. The van der Waals surface area contributed by atoms with Gasteiger partial charge in [0.1, 0.15) is 0 Å². The van der Waals surface area contributed by atoms with Gasteiger partial charge in [-0.15, -0.1) is 0 Å². The third-order valence-electron chi connectivity index (χ3n) is 4.59. The summed E-state index contributed by atoms with van der Waals surface area (Å²) in [5.74, 6) is -0.692. The van der Waals surface area contributed by atoms with E-state index in [0.717, 1.165) is 32.1 Å². The molecule has 0 spiro atoms. The number of nitrogens with zero attached hydrogens (tertiary/aromatic N) is 2. The van der Waals surface area contributed by atoms with Crippen LogP contribution in [0.1, 0.15) is 32.1 Å². The molecule has 7 heteroatoms. The predicted octanol–water partition coefficient (Wildman–Crippen LogP) is 0.599. The van der Waals surface area contributed by atoms with Crippen LogP contribution in [0, 0.1) is 5.41 Å². The van der Waals surface area contributed by atoms with Crippen molar-refractivity contribution in [3.05, 3.63) is 0 Å². The van der Waals surface area contributed by atoms with Gasteiger partial charge in [0.15, 0.2) is 0 Å². The average Bonchev–Trinajstić information content (AvgIpc) is 2.39. The summed E-state index contributed by atoms with van der Waals surface area (Å²) in [7, 11) is -3.12. The van der Waals surface area contributed by atoms with Crippen LogP contribution in [0.5, 0.6) is 0 Å². The van der Waals surface area contributed by atoms with Crippen molar-refractivity contribution in [2.45, 2.75) is 32.1 Å². The van der Waals surface area contributed by atoms with Crippen LogP contribution >= 0.6 is 0 Å². The van der Waals surface area contributed by atoms with Crippen molar-refractivity contribution in [2.24, 2.45) is 5.41 Å². The number of piperazine rings is 1. The second kappa shape index (κ2) is 5.99. The third-order valence-corrected chi connectivity index (χ3v) is 5.89. The summed E-state index contributed by atoms with van der Waals surface area (Å²) in [6.45, 7) is 2.74. The molecule has 1 saturated carbocycles. The number of aliphatic carboxylic acids is 1. The standard InChI is InChI=1S/C13H24N2O4S/c1-20(18,19)15-9-7-14(8-10-15)11-13(12(16)17)5-3-2-4-6-13/h2-11H2,1H3,(H,16,17). The van der Waals surface area contributed by atoms with Crippen LogP contribution in [-0.2, 0) is 14.8 Å². The number of sulfonamides is 1. The first-order chi connectivity index (χ1) is 9.33. The molecule has 20 heavy (non-hydrogen) atoms. The van der Waals surface area contributed by atoms with Gasteiger partial charge in [0.2, 0.25) is 10.0 Å². The number of carboxylic acid groups (broad SMARTS) is 1. The van der Waals surface area contributed by atoms with Crippen molar-refractivity contribution in [2.75, 3.05) is 39.0 Å². The van der Waals surface area contributed by atoms with Crippen molar-refractivity contribution >= 4 is 16.0 Å². The zero-order chi connectivity index (χ0) is 14.8. The Kier molecular flexibility index (Phi) is 4.71. The molecule has 0 atom stereocenters. The van der Waals surface area contributed by atoms with E-state index < -0.39 is 21.4 Å². The Hall–Kier alpha value is -0.660. The van der Waals surface area contributed by atoms with Crippen LogP contribution in [0.15, 0.2) is 0 Å². The lowest BCUT2D eigenvalue weighted by Crippen LogP contribution is -2.53. The summed E-state index contributed by atoms with van der Waals surface area (Å²) in [6, 6.07) is 0. The molecule has 2 fully saturated rings. The average molecular weight is 304 g/mol. The minimum Gasteiger partial charge on any atom is -0.481 e. The number of hydrogen-bond donors (Lipinski definition) is 1.